The minimum absolute atomic E-state index is 0.0230. The van der Waals surface area contributed by atoms with Gasteiger partial charge < -0.3 is 19.5 Å². The van der Waals surface area contributed by atoms with E-state index in [0.717, 1.165) is 44.0 Å². The number of methoxy groups -OCH3 is 2. The molecule has 0 spiro atoms. The first-order valence-corrected chi connectivity index (χ1v) is 8.27. The summed E-state index contributed by atoms with van der Waals surface area (Å²) >= 11 is 0. The monoisotopic (exact) mass is 346 g/mol. The number of halogens is 1. The highest BCUT2D eigenvalue weighted by molar-refractivity contribution is 5.52. The Morgan fingerprint density at radius 2 is 1.52 bits per heavy atom. The van der Waals surface area contributed by atoms with Crippen LogP contribution in [0.1, 0.15) is 5.56 Å². The van der Waals surface area contributed by atoms with Crippen molar-refractivity contribution in [1.29, 1.82) is 0 Å². The highest BCUT2D eigenvalue weighted by atomic mass is 19.1. The van der Waals surface area contributed by atoms with E-state index in [1.54, 1.807) is 0 Å². The first-order chi connectivity index (χ1) is 12.1. The van der Waals surface area contributed by atoms with E-state index in [9.17, 15) is 9.50 Å². The Balaban J connectivity index is 1.63. The topological polar surface area (TPSA) is 45.2 Å². The van der Waals surface area contributed by atoms with Crippen molar-refractivity contribution in [2.45, 2.75) is 6.54 Å². The molecule has 0 unspecified atom stereocenters. The maximum absolute atomic E-state index is 13.0. The molecule has 1 fully saturated rings. The summed E-state index contributed by atoms with van der Waals surface area (Å²) in [4.78, 5) is 4.60. The van der Waals surface area contributed by atoms with Crippen molar-refractivity contribution in [3.05, 3.63) is 47.8 Å². The maximum Gasteiger partial charge on any atom is 0.200 e. The summed E-state index contributed by atoms with van der Waals surface area (Å²) < 4.78 is 23.5. The molecule has 1 aliphatic heterocycles. The molecule has 0 atom stereocenters. The van der Waals surface area contributed by atoms with Crippen molar-refractivity contribution in [2.24, 2.45) is 0 Å². The molecule has 6 heteroatoms. The van der Waals surface area contributed by atoms with Gasteiger partial charge in [-0.3, -0.25) is 4.90 Å². The molecule has 5 nitrogen and oxygen atoms in total. The standard InChI is InChI=1S/C19H23FN2O3/c1-24-17-11-14(12-18(25-2)19(17)23)13-21-7-9-22(10-8-21)16-5-3-15(20)4-6-16/h3-6,11-12,23H,7-10,13H2,1-2H3. The maximum atomic E-state index is 13.0. The van der Waals surface area contributed by atoms with Gasteiger partial charge in [-0.05, 0) is 42.0 Å². The number of anilines is 1. The van der Waals surface area contributed by atoms with Crippen molar-refractivity contribution >= 4 is 5.69 Å². The lowest BCUT2D eigenvalue weighted by Gasteiger charge is -2.36. The fraction of sp³-hybridized carbons (Fsp3) is 0.368. The van der Waals surface area contributed by atoms with Crippen molar-refractivity contribution in [1.82, 2.24) is 4.90 Å². The van der Waals surface area contributed by atoms with Crippen LogP contribution in [0.15, 0.2) is 36.4 Å². The van der Waals surface area contributed by atoms with Crippen LogP contribution in [0.2, 0.25) is 0 Å². The highest BCUT2D eigenvalue weighted by Gasteiger charge is 2.19. The van der Waals surface area contributed by atoms with Crippen LogP contribution in [0.4, 0.5) is 10.1 Å². The molecule has 0 aromatic heterocycles. The smallest absolute Gasteiger partial charge is 0.200 e. The molecule has 1 saturated heterocycles. The second-order valence-corrected chi connectivity index (χ2v) is 6.09. The van der Waals surface area contributed by atoms with Crippen LogP contribution < -0.4 is 14.4 Å². The van der Waals surface area contributed by atoms with Crippen LogP contribution in [0.5, 0.6) is 17.2 Å². The molecule has 0 radical (unpaired) electrons. The van der Waals surface area contributed by atoms with Crippen molar-refractivity contribution in [2.75, 3.05) is 45.3 Å². The third kappa shape index (κ3) is 3.96. The number of phenols is 1. The van der Waals surface area contributed by atoms with Gasteiger partial charge >= 0.3 is 0 Å². The van der Waals surface area contributed by atoms with Gasteiger partial charge in [0, 0.05) is 38.4 Å². The number of piperazine rings is 1. The Morgan fingerprint density at radius 1 is 0.960 bits per heavy atom. The summed E-state index contributed by atoms with van der Waals surface area (Å²) in [6.07, 6.45) is 0. The lowest BCUT2D eigenvalue weighted by atomic mass is 10.1. The minimum atomic E-state index is -0.211. The molecule has 3 rings (SSSR count). The average Bonchev–Trinajstić information content (AvgIpc) is 2.64. The molecule has 25 heavy (non-hydrogen) atoms. The van der Waals surface area contributed by atoms with E-state index in [0.29, 0.717) is 11.5 Å². The Hall–Kier alpha value is -2.47. The molecule has 1 heterocycles. The number of aromatic hydroxyl groups is 1. The number of hydrogen-bond acceptors (Lipinski definition) is 5. The van der Waals surface area contributed by atoms with Crippen LogP contribution in [0.25, 0.3) is 0 Å². The molecular weight excluding hydrogens is 323 g/mol. The van der Waals surface area contributed by atoms with Gasteiger partial charge in [-0.2, -0.15) is 0 Å². The molecule has 1 N–H and O–H groups in total. The molecule has 2 aromatic carbocycles. The van der Waals surface area contributed by atoms with Gasteiger partial charge in [0.05, 0.1) is 14.2 Å². The number of phenolic OH excluding ortho intramolecular Hbond substituents is 1. The highest BCUT2D eigenvalue weighted by Crippen LogP contribution is 2.37. The van der Waals surface area contributed by atoms with E-state index in [4.69, 9.17) is 9.47 Å². The quantitative estimate of drug-likeness (QED) is 0.902. The Kier molecular flexibility index (Phi) is 5.28. The van der Waals surface area contributed by atoms with Gasteiger partial charge in [0.2, 0.25) is 5.75 Å². The van der Waals surface area contributed by atoms with E-state index in [1.165, 1.54) is 26.4 Å². The fourth-order valence-electron chi connectivity index (χ4n) is 3.11. The Bertz CT molecular complexity index is 688. The fourth-order valence-corrected chi connectivity index (χ4v) is 3.11. The van der Waals surface area contributed by atoms with Gasteiger partial charge in [0.15, 0.2) is 11.5 Å². The van der Waals surface area contributed by atoms with Gasteiger partial charge in [0.25, 0.3) is 0 Å². The predicted molar refractivity (Wildman–Crippen MR) is 95.1 cm³/mol. The summed E-state index contributed by atoms with van der Waals surface area (Å²) in [5.74, 6) is 0.645. The van der Waals surface area contributed by atoms with Crippen molar-refractivity contribution in [3.8, 4) is 17.2 Å². The first kappa shape index (κ1) is 17.4. The normalized spacial score (nSPS) is 15.2. The van der Waals surface area contributed by atoms with Crippen LogP contribution >= 0.6 is 0 Å². The Labute approximate surface area is 147 Å². The molecular formula is C19H23FN2O3. The number of rotatable bonds is 5. The summed E-state index contributed by atoms with van der Waals surface area (Å²) in [7, 11) is 3.06. The van der Waals surface area contributed by atoms with E-state index in [1.807, 2.05) is 24.3 Å². The van der Waals surface area contributed by atoms with Crippen LogP contribution in [0.3, 0.4) is 0 Å². The van der Waals surface area contributed by atoms with E-state index >= 15 is 0 Å². The largest absolute Gasteiger partial charge is 0.502 e. The lowest BCUT2D eigenvalue weighted by Crippen LogP contribution is -2.45. The van der Waals surface area contributed by atoms with Gasteiger partial charge in [-0.1, -0.05) is 0 Å². The van der Waals surface area contributed by atoms with Crippen LogP contribution in [-0.4, -0.2) is 50.4 Å². The summed E-state index contributed by atoms with van der Waals surface area (Å²) in [6.45, 7) is 4.34. The Morgan fingerprint density at radius 3 is 2.04 bits per heavy atom. The van der Waals surface area contributed by atoms with Gasteiger partial charge in [-0.25, -0.2) is 4.39 Å². The number of benzene rings is 2. The first-order valence-electron chi connectivity index (χ1n) is 8.27. The predicted octanol–water partition coefficient (Wildman–Crippen LogP) is 2.87. The molecule has 0 saturated carbocycles. The molecule has 2 aromatic rings. The third-order valence-corrected chi connectivity index (χ3v) is 4.51. The second kappa shape index (κ2) is 7.61. The summed E-state index contributed by atoms with van der Waals surface area (Å²) in [6, 6.07) is 10.3. The third-order valence-electron chi connectivity index (χ3n) is 4.51. The number of ether oxygens (including phenoxy) is 2. The average molecular weight is 346 g/mol. The second-order valence-electron chi connectivity index (χ2n) is 6.09. The zero-order valence-corrected chi connectivity index (χ0v) is 14.5. The zero-order chi connectivity index (χ0) is 17.8. The van der Waals surface area contributed by atoms with Crippen molar-refractivity contribution < 1.29 is 19.0 Å². The van der Waals surface area contributed by atoms with Gasteiger partial charge in [-0.15, -0.1) is 0 Å². The minimum Gasteiger partial charge on any atom is -0.502 e. The molecule has 134 valence electrons. The van der Waals surface area contributed by atoms with Crippen LogP contribution in [0, 0.1) is 5.82 Å². The molecule has 0 amide bonds. The number of nitrogens with zero attached hydrogens (tertiary/aromatic N) is 2. The number of hydrogen-bond donors (Lipinski definition) is 1. The zero-order valence-electron chi connectivity index (χ0n) is 14.5. The van der Waals surface area contributed by atoms with Crippen LogP contribution in [-0.2, 0) is 6.54 Å². The molecule has 0 aliphatic carbocycles. The van der Waals surface area contributed by atoms with Gasteiger partial charge in [0.1, 0.15) is 5.82 Å². The summed E-state index contributed by atoms with van der Waals surface area (Å²) in [5.41, 5.74) is 2.08. The molecule has 0 bridgehead atoms. The van der Waals surface area contributed by atoms with E-state index < -0.39 is 0 Å². The van der Waals surface area contributed by atoms with E-state index in [2.05, 4.69) is 9.80 Å². The SMILES string of the molecule is COc1cc(CN2CCN(c3ccc(F)cc3)CC2)cc(OC)c1O. The lowest BCUT2D eigenvalue weighted by molar-refractivity contribution is 0.248. The van der Waals surface area contributed by atoms with E-state index in [-0.39, 0.29) is 11.6 Å². The van der Waals surface area contributed by atoms with Crippen molar-refractivity contribution in [3.63, 3.8) is 0 Å². The molecule has 1 aliphatic rings. The summed E-state index contributed by atoms with van der Waals surface area (Å²) in [5, 5.41) is 10.0.